The van der Waals surface area contributed by atoms with Crippen LogP contribution in [0.3, 0.4) is 0 Å². The van der Waals surface area contributed by atoms with Crippen molar-refractivity contribution in [3.8, 4) is 0 Å². The van der Waals surface area contributed by atoms with Gasteiger partial charge in [0, 0.05) is 0 Å². The molecule has 0 aromatic rings. The quantitative estimate of drug-likeness (QED) is 0.632. The Hall–Kier alpha value is -1.10. The van der Waals surface area contributed by atoms with E-state index >= 15 is 0 Å². The number of rotatable bonds is 4. The molecule has 108 valence electrons. The molecular formula is C16H23BO3. The molecule has 1 unspecified atom stereocenters. The second-order valence-corrected chi connectivity index (χ2v) is 5.64. The molecule has 1 fully saturated rings. The summed E-state index contributed by atoms with van der Waals surface area (Å²) in [5.41, 5.74) is 2.38. The Morgan fingerprint density at radius 3 is 2.90 bits per heavy atom. The first kappa shape index (κ1) is 15.3. The van der Waals surface area contributed by atoms with Crippen LogP contribution in [0.2, 0.25) is 0 Å². The van der Waals surface area contributed by atoms with Crippen LogP contribution in [0, 0.1) is 0 Å². The molecule has 2 aliphatic rings. The average molecular weight is 274 g/mol. The topological polar surface area (TPSA) is 38.7 Å². The maximum atomic E-state index is 9.52. The fraction of sp³-hybridized carbons (Fsp3) is 0.500. The Balaban J connectivity index is 1.82. The van der Waals surface area contributed by atoms with E-state index in [0.29, 0.717) is 0 Å². The van der Waals surface area contributed by atoms with Gasteiger partial charge in [0.1, 0.15) is 0 Å². The molecule has 3 atom stereocenters. The molecule has 2 aliphatic heterocycles. The van der Waals surface area contributed by atoms with E-state index in [1.807, 2.05) is 19.1 Å². The molecule has 2 rings (SSSR count). The molecule has 0 bridgehead atoms. The van der Waals surface area contributed by atoms with E-state index in [0.717, 1.165) is 31.3 Å². The molecule has 2 heterocycles. The average Bonchev–Trinajstić information content (AvgIpc) is 2.37. The van der Waals surface area contributed by atoms with Gasteiger partial charge in [-0.15, -0.1) is 6.58 Å². The predicted octanol–water partition coefficient (Wildman–Crippen LogP) is 2.98. The van der Waals surface area contributed by atoms with Gasteiger partial charge in [-0.2, -0.15) is 0 Å². The van der Waals surface area contributed by atoms with E-state index in [1.165, 1.54) is 5.57 Å². The van der Waals surface area contributed by atoms with Crippen LogP contribution < -0.4 is 0 Å². The first-order chi connectivity index (χ1) is 9.56. The summed E-state index contributed by atoms with van der Waals surface area (Å²) in [6.45, 7) is 9.86. The van der Waals surface area contributed by atoms with Gasteiger partial charge < -0.3 is 14.4 Å². The fourth-order valence-electron chi connectivity index (χ4n) is 2.70. The Labute approximate surface area is 121 Å². The van der Waals surface area contributed by atoms with Crippen LogP contribution in [0.15, 0.2) is 48.5 Å². The summed E-state index contributed by atoms with van der Waals surface area (Å²) in [5, 5.41) is 9.52. The first-order valence-electron chi connectivity index (χ1n) is 7.19. The summed E-state index contributed by atoms with van der Waals surface area (Å²) in [4.78, 5) is 0. The third kappa shape index (κ3) is 4.48. The van der Waals surface area contributed by atoms with E-state index in [1.54, 1.807) is 5.98 Å². The summed E-state index contributed by atoms with van der Waals surface area (Å²) in [6.07, 6.45) is 9.61. The van der Waals surface area contributed by atoms with Gasteiger partial charge in [0.25, 0.3) is 0 Å². The summed E-state index contributed by atoms with van der Waals surface area (Å²) >= 11 is 0. The van der Waals surface area contributed by atoms with Crippen LogP contribution in [-0.4, -0.2) is 30.5 Å². The normalized spacial score (nSPS) is 31.5. The van der Waals surface area contributed by atoms with Crippen LogP contribution in [0.1, 0.15) is 32.6 Å². The zero-order valence-corrected chi connectivity index (χ0v) is 12.1. The van der Waals surface area contributed by atoms with E-state index < -0.39 is 7.12 Å². The van der Waals surface area contributed by atoms with Crippen LogP contribution in [0.4, 0.5) is 0 Å². The smallest absolute Gasteiger partial charge is 0.423 e. The van der Waals surface area contributed by atoms with Gasteiger partial charge in [-0.3, -0.25) is 0 Å². The molecular weight excluding hydrogens is 251 g/mol. The number of hydrogen-bond acceptors (Lipinski definition) is 3. The molecule has 1 N–H and O–H groups in total. The lowest BCUT2D eigenvalue weighted by molar-refractivity contribution is -0.00347. The molecule has 0 saturated carbocycles. The van der Waals surface area contributed by atoms with Crippen molar-refractivity contribution in [2.24, 2.45) is 0 Å². The fourth-order valence-corrected chi connectivity index (χ4v) is 2.70. The minimum absolute atomic E-state index is 0.0445. The van der Waals surface area contributed by atoms with Crippen molar-refractivity contribution < 1.29 is 14.4 Å². The highest BCUT2D eigenvalue weighted by molar-refractivity contribution is 6.49. The van der Waals surface area contributed by atoms with Crippen molar-refractivity contribution >= 4 is 7.12 Å². The molecule has 20 heavy (non-hydrogen) atoms. The Kier molecular flexibility index (Phi) is 5.41. The van der Waals surface area contributed by atoms with E-state index in [9.17, 15) is 5.02 Å². The highest BCUT2D eigenvalue weighted by Gasteiger charge is 2.23. The Bertz CT molecular complexity index is 427. The second kappa shape index (κ2) is 7.07. The lowest BCUT2D eigenvalue weighted by atomic mass is 9.82. The van der Waals surface area contributed by atoms with Crippen molar-refractivity contribution in [1.29, 1.82) is 0 Å². The largest absolute Gasteiger partial charge is 0.483 e. The molecule has 4 heteroatoms. The molecule has 0 aromatic heterocycles. The van der Waals surface area contributed by atoms with Crippen molar-refractivity contribution in [3.63, 3.8) is 0 Å². The van der Waals surface area contributed by atoms with Crippen molar-refractivity contribution in [2.45, 2.75) is 50.9 Å². The predicted molar refractivity (Wildman–Crippen MR) is 82.2 cm³/mol. The number of ether oxygens (including phenoxy) is 1. The van der Waals surface area contributed by atoms with Gasteiger partial charge in [-0.05, 0) is 32.6 Å². The monoisotopic (exact) mass is 274 g/mol. The van der Waals surface area contributed by atoms with Crippen LogP contribution >= 0.6 is 0 Å². The summed E-state index contributed by atoms with van der Waals surface area (Å²) in [5.74, 6) is 1.74. The highest BCUT2D eigenvalue weighted by atomic mass is 16.5. The third-order valence-electron chi connectivity index (χ3n) is 3.65. The summed E-state index contributed by atoms with van der Waals surface area (Å²) in [7, 11) is -0.783. The molecule has 1 saturated heterocycles. The van der Waals surface area contributed by atoms with E-state index in [-0.39, 0.29) is 18.3 Å². The van der Waals surface area contributed by atoms with Gasteiger partial charge in [0.2, 0.25) is 0 Å². The Morgan fingerprint density at radius 2 is 2.20 bits per heavy atom. The molecule has 3 nitrogen and oxygen atoms in total. The van der Waals surface area contributed by atoms with Crippen LogP contribution in [0.5, 0.6) is 0 Å². The summed E-state index contributed by atoms with van der Waals surface area (Å²) in [6, 6.07) is 0. The number of hydrogen-bond donors (Lipinski definition) is 1. The van der Waals surface area contributed by atoms with Gasteiger partial charge >= 0.3 is 7.12 Å². The van der Waals surface area contributed by atoms with Crippen molar-refractivity contribution in [2.75, 3.05) is 0 Å². The maximum absolute atomic E-state index is 9.52. The highest BCUT2D eigenvalue weighted by Crippen LogP contribution is 2.26. The van der Waals surface area contributed by atoms with Gasteiger partial charge in [0.15, 0.2) is 0 Å². The molecule has 0 radical (unpaired) electrons. The van der Waals surface area contributed by atoms with E-state index in [4.69, 9.17) is 9.39 Å². The lowest BCUT2D eigenvalue weighted by Crippen LogP contribution is -2.28. The molecule has 0 aliphatic carbocycles. The lowest BCUT2D eigenvalue weighted by Gasteiger charge is -2.29. The van der Waals surface area contributed by atoms with Crippen molar-refractivity contribution in [3.05, 3.63) is 48.5 Å². The molecule has 0 spiro atoms. The van der Waals surface area contributed by atoms with Gasteiger partial charge in [-0.25, -0.2) is 0 Å². The van der Waals surface area contributed by atoms with Crippen LogP contribution in [-0.2, 0) is 9.39 Å². The zero-order valence-electron chi connectivity index (χ0n) is 12.1. The van der Waals surface area contributed by atoms with Crippen molar-refractivity contribution in [1.82, 2.24) is 0 Å². The van der Waals surface area contributed by atoms with Crippen LogP contribution in [0.25, 0.3) is 0 Å². The minimum atomic E-state index is -0.783. The second-order valence-electron chi connectivity index (χ2n) is 5.64. The summed E-state index contributed by atoms with van der Waals surface area (Å²) < 4.78 is 11.3. The first-order valence-corrected chi connectivity index (χ1v) is 7.19. The van der Waals surface area contributed by atoms with Gasteiger partial charge in [0.05, 0.1) is 18.3 Å². The van der Waals surface area contributed by atoms with E-state index in [2.05, 4.69) is 19.2 Å². The SMILES string of the molecule is C=C[C@@H]1CC(=C)C[C@H](C/C=C/C2CC(C)=CB(O)O2)O1. The Morgan fingerprint density at radius 1 is 1.40 bits per heavy atom. The third-order valence-corrected chi connectivity index (χ3v) is 3.65. The minimum Gasteiger partial charge on any atom is -0.423 e. The zero-order chi connectivity index (χ0) is 14.5. The van der Waals surface area contributed by atoms with Gasteiger partial charge in [-0.1, -0.05) is 41.9 Å². The molecule has 0 aromatic carbocycles. The standard InChI is InChI=1S/C16H23BO3/c1-4-14-8-12(2)9-15(19-14)6-5-7-16-10-13(3)11-17(18)20-16/h4-5,7,11,14-16,18H,1-2,6,8-10H2,3H3/b7-5+/t14-,15+,16?/m1/s1. The maximum Gasteiger partial charge on any atom is 0.483 e. The molecule has 0 amide bonds.